The molecule has 190 valence electrons. The summed E-state index contributed by atoms with van der Waals surface area (Å²) in [6, 6.07) is 8.05. The molecular formula is C28H32F4O2S. The smallest absolute Gasteiger partial charge is 0.386 e. The second-order valence-electron chi connectivity index (χ2n) is 11.2. The van der Waals surface area contributed by atoms with Gasteiger partial charge in [-0.1, -0.05) is 24.6 Å². The summed E-state index contributed by atoms with van der Waals surface area (Å²) in [5.41, 5.74) is -3.03. The van der Waals surface area contributed by atoms with E-state index in [-0.39, 0.29) is 36.4 Å². The third-order valence-electron chi connectivity index (χ3n) is 9.71. The van der Waals surface area contributed by atoms with E-state index in [0.717, 1.165) is 16.0 Å². The summed E-state index contributed by atoms with van der Waals surface area (Å²) < 4.78 is 57.5. The van der Waals surface area contributed by atoms with Gasteiger partial charge in [-0.2, -0.15) is 13.2 Å². The minimum Gasteiger partial charge on any atom is -0.386 e. The lowest BCUT2D eigenvalue weighted by atomic mass is 9.49. The number of fused-ring (bicyclic) bond motifs is 4. The fourth-order valence-corrected chi connectivity index (χ4v) is 8.21. The molecular weight excluding hydrogens is 476 g/mol. The average Bonchev–Trinajstić information content (AvgIpc) is 3.09. The molecule has 7 heteroatoms. The molecule has 35 heavy (non-hydrogen) atoms. The highest BCUT2D eigenvalue weighted by Gasteiger charge is 2.75. The van der Waals surface area contributed by atoms with Crippen molar-refractivity contribution >= 4 is 17.5 Å². The zero-order chi connectivity index (χ0) is 25.4. The van der Waals surface area contributed by atoms with Gasteiger partial charge in [0.1, 0.15) is 5.60 Å². The molecule has 2 nitrogen and oxygen atoms in total. The van der Waals surface area contributed by atoms with E-state index in [0.29, 0.717) is 39.0 Å². The van der Waals surface area contributed by atoms with E-state index in [4.69, 9.17) is 0 Å². The van der Waals surface area contributed by atoms with Crippen LogP contribution in [0, 0.1) is 17.3 Å². The minimum atomic E-state index is -5.17. The molecule has 0 saturated heterocycles. The Kier molecular flexibility index (Phi) is 5.88. The molecule has 0 aliphatic heterocycles. The predicted molar refractivity (Wildman–Crippen MR) is 129 cm³/mol. The summed E-state index contributed by atoms with van der Waals surface area (Å²) in [7, 11) is 0. The summed E-state index contributed by atoms with van der Waals surface area (Å²) in [6.45, 7) is 2.21. The van der Waals surface area contributed by atoms with E-state index in [2.05, 4.69) is 0 Å². The topological polar surface area (TPSA) is 37.3 Å². The Bertz CT molecular complexity index is 1100. The predicted octanol–water partition coefficient (Wildman–Crippen LogP) is 7.33. The standard InChI is InChI=1S/C28H32F4O2S/c1-25-15-22(16-4-8-19(35-3)9-5-16)24-20-11-7-18(33)14-17(20)6-10-21(24)23(25)12-13-27(25,34)26(2,29)28(30,31)32/h4-5,8-9,14,21-23,34H,6-7,10-13,15H2,1-3H3. The zero-order valence-electron chi connectivity index (χ0n) is 20.3. The molecule has 0 radical (unpaired) electrons. The fraction of sp³-hybridized carbons (Fsp3) is 0.607. The Morgan fingerprint density at radius 3 is 2.37 bits per heavy atom. The van der Waals surface area contributed by atoms with Gasteiger partial charge in [-0.25, -0.2) is 4.39 Å². The van der Waals surface area contributed by atoms with Crippen LogP contribution in [-0.4, -0.2) is 34.6 Å². The largest absolute Gasteiger partial charge is 0.425 e. The van der Waals surface area contributed by atoms with Gasteiger partial charge in [0.15, 0.2) is 5.78 Å². The monoisotopic (exact) mass is 508 g/mol. The number of thioether (sulfide) groups is 1. The number of hydrogen-bond acceptors (Lipinski definition) is 3. The second kappa shape index (κ2) is 8.20. The van der Waals surface area contributed by atoms with Crippen molar-refractivity contribution in [2.75, 3.05) is 6.26 Å². The van der Waals surface area contributed by atoms with E-state index >= 15 is 4.39 Å². The first-order valence-electron chi connectivity index (χ1n) is 12.4. The van der Waals surface area contributed by atoms with E-state index in [1.807, 2.05) is 30.5 Å². The molecule has 4 aliphatic rings. The van der Waals surface area contributed by atoms with Crippen LogP contribution < -0.4 is 0 Å². The molecule has 0 heterocycles. The van der Waals surface area contributed by atoms with Crippen molar-refractivity contribution in [3.8, 4) is 0 Å². The van der Waals surface area contributed by atoms with Gasteiger partial charge in [-0.05, 0) is 98.5 Å². The lowest BCUT2D eigenvalue weighted by molar-refractivity contribution is -0.306. The molecule has 4 aliphatic carbocycles. The number of hydrogen-bond donors (Lipinski definition) is 1. The Balaban J connectivity index is 1.68. The normalized spacial score (nSPS) is 36.7. The van der Waals surface area contributed by atoms with E-state index in [1.165, 1.54) is 11.1 Å². The van der Waals surface area contributed by atoms with E-state index in [9.17, 15) is 23.1 Å². The quantitative estimate of drug-likeness (QED) is 0.343. The highest BCUT2D eigenvalue weighted by molar-refractivity contribution is 7.98. The van der Waals surface area contributed by atoms with Crippen LogP contribution in [0.5, 0.6) is 0 Å². The number of alkyl halides is 4. The molecule has 1 N–H and O–H groups in total. The van der Waals surface area contributed by atoms with Crippen molar-refractivity contribution in [1.82, 2.24) is 0 Å². The third-order valence-corrected chi connectivity index (χ3v) is 10.5. The SMILES string of the molecule is CSc1ccc(C2CC3(C)C(CCC3(O)C(C)(F)C(F)(F)F)C3CCC4=CC(=O)CCC4=C23)cc1. The summed E-state index contributed by atoms with van der Waals surface area (Å²) in [5, 5.41) is 11.6. The average molecular weight is 509 g/mol. The van der Waals surface area contributed by atoms with Crippen LogP contribution >= 0.6 is 11.8 Å². The van der Waals surface area contributed by atoms with Gasteiger partial charge in [-0.3, -0.25) is 4.79 Å². The molecule has 0 amide bonds. The van der Waals surface area contributed by atoms with Crippen molar-refractivity contribution in [3.05, 3.63) is 52.6 Å². The number of ketones is 1. The zero-order valence-corrected chi connectivity index (χ0v) is 21.2. The number of aliphatic hydroxyl groups is 1. The summed E-state index contributed by atoms with van der Waals surface area (Å²) >= 11 is 1.61. The maximum Gasteiger partial charge on any atom is 0.425 e. The number of carbonyl (C=O) groups is 1. The van der Waals surface area contributed by atoms with Crippen LogP contribution in [-0.2, 0) is 4.79 Å². The highest BCUT2D eigenvalue weighted by Crippen LogP contribution is 2.70. The first kappa shape index (κ1) is 25.1. The van der Waals surface area contributed by atoms with Crippen molar-refractivity contribution < 1.29 is 27.5 Å². The summed E-state index contributed by atoms with van der Waals surface area (Å²) in [6.07, 6.45) is 1.46. The number of benzene rings is 1. The molecule has 0 aromatic heterocycles. The minimum absolute atomic E-state index is 0.0302. The molecule has 6 atom stereocenters. The molecule has 2 saturated carbocycles. The van der Waals surface area contributed by atoms with Crippen LogP contribution in [0.2, 0.25) is 0 Å². The van der Waals surface area contributed by atoms with Gasteiger partial charge in [0.05, 0.1) is 0 Å². The number of carbonyl (C=O) groups excluding carboxylic acids is 1. The number of allylic oxidation sites excluding steroid dienone is 4. The van der Waals surface area contributed by atoms with Crippen molar-refractivity contribution in [2.24, 2.45) is 17.3 Å². The van der Waals surface area contributed by atoms with Crippen molar-refractivity contribution in [2.45, 2.75) is 87.1 Å². The fourth-order valence-electron chi connectivity index (χ4n) is 7.81. The lowest BCUT2D eigenvalue weighted by Gasteiger charge is -2.57. The molecule has 0 spiro atoms. The lowest BCUT2D eigenvalue weighted by Crippen LogP contribution is -2.65. The summed E-state index contributed by atoms with van der Waals surface area (Å²) in [4.78, 5) is 13.2. The van der Waals surface area contributed by atoms with Gasteiger partial charge in [0.25, 0.3) is 0 Å². The maximum absolute atomic E-state index is 15.6. The Hall–Kier alpha value is -1.60. The van der Waals surface area contributed by atoms with E-state index < -0.39 is 22.9 Å². The van der Waals surface area contributed by atoms with Crippen molar-refractivity contribution in [1.29, 1.82) is 0 Å². The third kappa shape index (κ3) is 3.51. The molecule has 2 fully saturated rings. The first-order chi connectivity index (χ1) is 16.3. The van der Waals surface area contributed by atoms with Gasteiger partial charge < -0.3 is 5.11 Å². The first-order valence-corrected chi connectivity index (χ1v) is 13.7. The van der Waals surface area contributed by atoms with E-state index in [1.54, 1.807) is 24.8 Å². The van der Waals surface area contributed by atoms with Crippen LogP contribution in [0.4, 0.5) is 17.6 Å². The Labute approximate surface area is 208 Å². The molecule has 1 aromatic rings. The van der Waals surface area contributed by atoms with Gasteiger partial charge in [0, 0.05) is 22.6 Å². The molecule has 1 aromatic carbocycles. The van der Waals surface area contributed by atoms with Crippen LogP contribution in [0.25, 0.3) is 0 Å². The number of rotatable bonds is 3. The second-order valence-corrected chi connectivity index (χ2v) is 12.0. The van der Waals surface area contributed by atoms with Crippen LogP contribution in [0.1, 0.15) is 70.3 Å². The highest BCUT2D eigenvalue weighted by atomic mass is 32.2. The van der Waals surface area contributed by atoms with Gasteiger partial charge >= 0.3 is 6.18 Å². The number of halogens is 4. The van der Waals surface area contributed by atoms with Crippen molar-refractivity contribution in [3.63, 3.8) is 0 Å². The Morgan fingerprint density at radius 2 is 1.74 bits per heavy atom. The van der Waals surface area contributed by atoms with Gasteiger partial charge in [-0.15, -0.1) is 11.8 Å². The Morgan fingerprint density at radius 1 is 1.06 bits per heavy atom. The molecule has 6 unspecified atom stereocenters. The van der Waals surface area contributed by atoms with Crippen LogP contribution in [0.15, 0.2) is 52.0 Å². The summed E-state index contributed by atoms with van der Waals surface area (Å²) in [5.74, 6) is -0.374. The molecule has 0 bridgehead atoms. The molecule has 5 rings (SSSR count). The van der Waals surface area contributed by atoms with Gasteiger partial charge in [0.2, 0.25) is 5.67 Å². The maximum atomic E-state index is 15.6. The van der Waals surface area contributed by atoms with Crippen LogP contribution in [0.3, 0.4) is 0 Å².